The summed E-state index contributed by atoms with van der Waals surface area (Å²) in [5.74, 6) is 1.70. The molecule has 2 atom stereocenters. The van der Waals surface area contributed by atoms with Crippen LogP contribution >= 0.6 is 11.6 Å². The summed E-state index contributed by atoms with van der Waals surface area (Å²) in [4.78, 5) is 17.9. The number of hydrogen-bond donors (Lipinski definition) is 1. The van der Waals surface area contributed by atoms with Crippen molar-refractivity contribution in [3.8, 4) is 0 Å². The third-order valence-electron chi connectivity index (χ3n) is 5.40. The molecule has 10 nitrogen and oxygen atoms in total. The Morgan fingerprint density at radius 1 is 1.32 bits per heavy atom. The lowest BCUT2D eigenvalue weighted by Crippen LogP contribution is -2.26. The van der Waals surface area contributed by atoms with E-state index in [1.165, 1.54) is 0 Å². The first-order valence-corrected chi connectivity index (χ1v) is 10.2. The maximum atomic E-state index is 8.36. The smallest absolute Gasteiger partial charge is 0.290 e. The molecule has 1 fully saturated rings. The van der Waals surface area contributed by atoms with Gasteiger partial charge in [0.25, 0.3) is 6.47 Å². The Labute approximate surface area is 182 Å². The zero-order chi connectivity index (χ0) is 22.0. The standard InChI is InChI=1S/C19H20ClN7O.CH2O2/c1-11-7-13(5-6-28-11)27-17(9-18-23-24-25-26(18)2)22-16-10-21-15-4-3-12(20)8-14(15)19(16)27;2-1-3/h3-4,8,10-11,13H,5-7,9H2,1-2H3;1H,(H,2,3)/t11-,13-;/m1./s1. The topological polar surface area (TPSA) is 121 Å². The van der Waals surface area contributed by atoms with Crippen molar-refractivity contribution in [2.45, 2.75) is 38.3 Å². The van der Waals surface area contributed by atoms with Crippen LogP contribution in [0, 0.1) is 0 Å². The van der Waals surface area contributed by atoms with E-state index in [0.29, 0.717) is 11.4 Å². The van der Waals surface area contributed by atoms with E-state index >= 15 is 0 Å². The number of aromatic nitrogens is 7. The number of benzene rings is 1. The minimum atomic E-state index is -0.250. The number of tetrazole rings is 1. The Bertz CT molecular complexity index is 1220. The van der Waals surface area contributed by atoms with Crippen molar-refractivity contribution < 1.29 is 14.6 Å². The zero-order valence-corrected chi connectivity index (χ0v) is 17.9. The summed E-state index contributed by atoms with van der Waals surface area (Å²) in [6.45, 7) is 2.61. The van der Waals surface area contributed by atoms with Gasteiger partial charge in [-0.1, -0.05) is 11.6 Å². The molecule has 3 aromatic heterocycles. The van der Waals surface area contributed by atoms with Crippen molar-refractivity contribution in [1.82, 2.24) is 34.7 Å². The highest BCUT2D eigenvalue weighted by Crippen LogP contribution is 2.34. The first-order chi connectivity index (χ1) is 15.0. The Balaban J connectivity index is 0.000000730. The van der Waals surface area contributed by atoms with Gasteiger partial charge in [-0.05, 0) is 48.4 Å². The summed E-state index contributed by atoms with van der Waals surface area (Å²) in [5.41, 5.74) is 2.83. The first-order valence-electron chi connectivity index (χ1n) is 9.87. The molecule has 4 aromatic rings. The molecule has 1 aliphatic heterocycles. The van der Waals surface area contributed by atoms with Crippen LogP contribution in [0.1, 0.15) is 37.5 Å². The molecular weight excluding hydrogens is 422 g/mol. The number of carboxylic acid groups (broad SMARTS) is 1. The van der Waals surface area contributed by atoms with E-state index in [-0.39, 0.29) is 18.6 Å². The van der Waals surface area contributed by atoms with Crippen molar-refractivity contribution in [1.29, 1.82) is 0 Å². The van der Waals surface area contributed by atoms with Crippen LogP contribution in [-0.4, -0.2) is 59.0 Å². The molecule has 1 N–H and O–H groups in total. The molecule has 1 saturated heterocycles. The molecule has 31 heavy (non-hydrogen) atoms. The molecule has 11 heteroatoms. The minimum Gasteiger partial charge on any atom is -0.483 e. The number of fused-ring (bicyclic) bond motifs is 3. The number of pyridine rings is 1. The molecule has 1 aliphatic rings. The molecule has 0 spiro atoms. The van der Waals surface area contributed by atoms with Crippen LogP contribution in [0.25, 0.3) is 21.9 Å². The fourth-order valence-electron chi connectivity index (χ4n) is 4.06. The summed E-state index contributed by atoms with van der Waals surface area (Å²) in [6, 6.07) is 6.08. The van der Waals surface area contributed by atoms with Crippen LogP contribution in [0.4, 0.5) is 0 Å². The normalized spacial score (nSPS) is 18.7. The van der Waals surface area contributed by atoms with E-state index in [1.54, 1.807) is 4.68 Å². The van der Waals surface area contributed by atoms with Crippen LogP contribution in [0.2, 0.25) is 5.02 Å². The van der Waals surface area contributed by atoms with Crippen molar-refractivity contribution >= 4 is 40.0 Å². The van der Waals surface area contributed by atoms with E-state index in [4.69, 9.17) is 31.2 Å². The fraction of sp³-hybridized carbons (Fsp3) is 0.400. The van der Waals surface area contributed by atoms with E-state index in [0.717, 1.165) is 53.0 Å². The third kappa shape index (κ3) is 4.21. The van der Waals surface area contributed by atoms with Crippen LogP contribution in [0.15, 0.2) is 24.4 Å². The maximum absolute atomic E-state index is 8.36. The molecule has 0 amide bonds. The average Bonchev–Trinajstić information content (AvgIpc) is 3.32. The third-order valence-corrected chi connectivity index (χ3v) is 5.63. The van der Waals surface area contributed by atoms with Gasteiger partial charge in [0, 0.05) is 30.1 Å². The van der Waals surface area contributed by atoms with Crippen molar-refractivity contribution in [3.05, 3.63) is 41.1 Å². The second-order valence-corrected chi connectivity index (χ2v) is 7.85. The molecule has 0 unspecified atom stereocenters. The molecule has 0 aliphatic carbocycles. The molecule has 4 heterocycles. The number of rotatable bonds is 3. The van der Waals surface area contributed by atoms with Crippen LogP contribution in [-0.2, 0) is 23.0 Å². The first kappa shape index (κ1) is 21.1. The summed E-state index contributed by atoms with van der Waals surface area (Å²) < 4.78 is 9.81. The Hall–Kier alpha value is -3.11. The van der Waals surface area contributed by atoms with Crippen LogP contribution in [0.5, 0.6) is 0 Å². The molecular formula is C20H22ClN7O3. The number of halogens is 1. The van der Waals surface area contributed by atoms with Gasteiger partial charge in [-0.3, -0.25) is 9.78 Å². The number of imidazole rings is 1. The van der Waals surface area contributed by atoms with Gasteiger partial charge in [-0.2, -0.15) is 0 Å². The highest BCUT2D eigenvalue weighted by Gasteiger charge is 2.27. The van der Waals surface area contributed by atoms with E-state index in [2.05, 4.69) is 32.0 Å². The predicted octanol–water partition coefficient (Wildman–Crippen LogP) is 2.79. The molecule has 0 radical (unpaired) electrons. The van der Waals surface area contributed by atoms with Crippen molar-refractivity contribution in [3.63, 3.8) is 0 Å². The summed E-state index contributed by atoms with van der Waals surface area (Å²) in [5, 5.41) is 20.5. The zero-order valence-electron chi connectivity index (χ0n) is 17.1. The summed E-state index contributed by atoms with van der Waals surface area (Å²) >= 11 is 6.32. The Kier molecular flexibility index (Phi) is 6.10. The van der Waals surface area contributed by atoms with E-state index in [1.807, 2.05) is 31.4 Å². The van der Waals surface area contributed by atoms with Gasteiger partial charge in [0.1, 0.15) is 11.3 Å². The lowest BCUT2D eigenvalue weighted by atomic mass is 10.0. The lowest BCUT2D eigenvalue weighted by Gasteiger charge is -2.30. The van der Waals surface area contributed by atoms with Gasteiger partial charge in [0.2, 0.25) is 0 Å². The van der Waals surface area contributed by atoms with Crippen LogP contribution in [0.3, 0.4) is 0 Å². The van der Waals surface area contributed by atoms with Crippen LogP contribution < -0.4 is 0 Å². The second-order valence-electron chi connectivity index (χ2n) is 7.41. The largest absolute Gasteiger partial charge is 0.483 e. The molecule has 162 valence electrons. The summed E-state index contributed by atoms with van der Waals surface area (Å²) in [7, 11) is 1.84. The fourth-order valence-corrected chi connectivity index (χ4v) is 4.24. The monoisotopic (exact) mass is 443 g/mol. The molecule has 1 aromatic carbocycles. The van der Waals surface area contributed by atoms with E-state index < -0.39 is 0 Å². The van der Waals surface area contributed by atoms with Crippen molar-refractivity contribution in [2.75, 3.05) is 6.61 Å². The Morgan fingerprint density at radius 2 is 2.13 bits per heavy atom. The maximum Gasteiger partial charge on any atom is 0.290 e. The lowest BCUT2D eigenvalue weighted by molar-refractivity contribution is -0.122. The predicted molar refractivity (Wildman–Crippen MR) is 114 cm³/mol. The highest BCUT2D eigenvalue weighted by atomic mass is 35.5. The van der Waals surface area contributed by atoms with Gasteiger partial charge in [0.05, 0.1) is 29.8 Å². The molecule has 0 saturated carbocycles. The molecule has 5 rings (SSSR count). The molecule has 0 bridgehead atoms. The summed E-state index contributed by atoms with van der Waals surface area (Å²) in [6.07, 6.45) is 4.46. The minimum absolute atomic E-state index is 0.206. The van der Waals surface area contributed by atoms with Gasteiger partial charge in [-0.15, -0.1) is 5.10 Å². The SMILES string of the molecule is C[C@@H]1C[C@H](n2c(Cc3nnnn3C)nc3cnc4ccc(Cl)cc4c32)CCO1.O=CO. The van der Waals surface area contributed by atoms with Gasteiger partial charge in [-0.25, -0.2) is 9.67 Å². The van der Waals surface area contributed by atoms with E-state index in [9.17, 15) is 0 Å². The number of carbonyl (C=O) groups is 1. The van der Waals surface area contributed by atoms with Gasteiger partial charge >= 0.3 is 0 Å². The average molecular weight is 444 g/mol. The van der Waals surface area contributed by atoms with Gasteiger partial charge in [0.15, 0.2) is 5.82 Å². The number of ether oxygens (including phenoxy) is 1. The quantitative estimate of drug-likeness (QED) is 0.480. The van der Waals surface area contributed by atoms with Crippen molar-refractivity contribution in [2.24, 2.45) is 7.05 Å². The van der Waals surface area contributed by atoms with Gasteiger partial charge < -0.3 is 14.4 Å². The number of hydrogen-bond acceptors (Lipinski definition) is 7. The number of aryl methyl sites for hydroxylation is 1. The highest BCUT2D eigenvalue weighted by molar-refractivity contribution is 6.31. The second kappa shape index (κ2) is 8.94. The number of nitrogens with zero attached hydrogens (tertiary/aromatic N) is 7. The Morgan fingerprint density at radius 3 is 2.84 bits per heavy atom.